The van der Waals surface area contributed by atoms with E-state index in [1.807, 2.05) is 0 Å². The number of rotatable bonds is 6. The molecular formula is C20H12Br2N4O5. The molecule has 0 fully saturated rings. The third kappa shape index (κ3) is 5.80. The molecule has 0 unspecified atom stereocenters. The van der Waals surface area contributed by atoms with Crippen LogP contribution in [0.2, 0.25) is 0 Å². The highest BCUT2D eigenvalue weighted by Gasteiger charge is 2.19. The van der Waals surface area contributed by atoms with Gasteiger partial charge in [0.15, 0.2) is 5.75 Å². The maximum Gasteiger partial charge on any atom is 0.343 e. The topological polar surface area (TPSA) is 124 Å². The molecule has 0 spiro atoms. The number of carbonyl (C=O) groups excluding carboxylic acids is 2. The Morgan fingerprint density at radius 1 is 1.10 bits per heavy atom. The average molecular weight is 548 g/mol. The largest absolute Gasteiger partial charge is 0.421 e. The fraction of sp³-hybridized carbons (Fsp3) is 0. The van der Waals surface area contributed by atoms with Crippen molar-refractivity contribution in [1.82, 2.24) is 10.4 Å². The number of carbonyl (C=O) groups is 2. The van der Waals surface area contributed by atoms with Crippen molar-refractivity contribution in [3.8, 4) is 5.75 Å². The lowest BCUT2D eigenvalue weighted by Gasteiger charge is -2.10. The molecule has 2 aromatic carbocycles. The van der Waals surface area contributed by atoms with Crippen molar-refractivity contribution < 1.29 is 19.2 Å². The number of nitro groups is 1. The Labute approximate surface area is 192 Å². The molecule has 0 aliphatic rings. The minimum absolute atomic E-state index is 0.0153. The fourth-order valence-corrected chi connectivity index (χ4v) is 3.30. The van der Waals surface area contributed by atoms with Gasteiger partial charge in [-0.05, 0) is 50.1 Å². The number of ether oxygens (including phenoxy) is 1. The van der Waals surface area contributed by atoms with Gasteiger partial charge in [-0.2, -0.15) is 5.10 Å². The van der Waals surface area contributed by atoms with E-state index in [2.05, 4.69) is 47.4 Å². The van der Waals surface area contributed by atoms with Gasteiger partial charge in [0.25, 0.3) is 11.6 Å². The number of amides is 1. The molecule has 0 saturated carbocycles. The number of nitrogens with one attached hydrogen (secondary N) is 1. The summed E-state index contributed by atoms with van der Waals surface area (Å²) in [6, 6.07) is 12.2. The molecule has 1 heterocycles. The van der Waals surface area contributed by atoms with Gasteiger partial charge in [-0.3, -0.25) is 19.9 Å². The highest BCUT2D eigenvalue weighted by atomic mass is 79.9. The molecular weight excluding hydrogens is 536 g/mol. The van der Waals surface area contributed by atoms with Crippen LogP contribution in [0.4, 0.5) is 5.69 Å². The Kier molecular flexibility index (Phi) is 7.21. The molecule has 1 N–H and O–H groups in total. The van der Waals surface area contributed by atoms with Crippen LogP contribution in [0.25, 0.3) is 0 Å². The zero-order valence-corrected chi connectivity index (χ0v) is 18.7. The van der Waals surface area contributed by atoms with E-state index in [9.17, 15) is 19.7 Å². The summed E-state index contributed by atoms with van der Waals surface area (Å²) in [5, 5.41) is 15.0. The number of nitro benzene ring substituents is 1. The molecule has 0 aliphatic heterocycles. The molecule has 1 aromatic heterocycles. The van der Waals surface area contributed by atoms with Crippen LogP contribution in [0.15, 0.2) is 75.0 Å². The Morgan fingerprint density at radius 2 is 1.84 bits per heavy atom. The van der Waals surface area contributed by atoms with Crippen molar-refractivity contribution in [1.29, 1.82) is 0 Å². The maximum atomic E-state index is 12.4. The van der Waals surface area contributed by atoms with E-state index in [1.165, 1.54) is 24.5 Å². The first-order chi connectivity index (χ1) is 14.8. The standard InChI is InChI=1S/C20H12Br2N4O5/c21-15-6-14(9-23-11-15)19(27)25-24-10-13-7-16(26(29)30)8-17(22)18(13)31-20(28)12-4-2-1-3-5-12/h1-11H,(H,25,27)/b24-10+. The lowest BCUT2D eigenvalue weighted by molar-refractivity contribution is -0.385. The molecule has 11 heteroatoms. The number of hydrogen-bond donors (Lipinski definition) is 1. The summed E-state index contributed by atoms with van der Waals surface area (Å²) in [5.74, 6) is -1.19. The van der Waals surface area contributed by atoms with Crippen molar-refractivity contribution in [2.24, 2.45) is 5.10 Å². The SMILES string of the molecule is O=C(N/N=C/c1cc([N+](=O)[O-])cc(Br)c1OC(=O)c1ccccc1)c1cncc(Br)c1. The fourth-order valence-electron chi connectivity index (χ4n) is 2.40. The van der Waals surface area contributed by atoms with Crippen LogP contribution in [-0.4, -0.2) is 28.0 Å². The predicted octanol–water partition coefficient (Wildman–Crippen LogP) is 4.50. The zero-order chi connectivity index (χ0) is 22.4. The Balaban J connectivity index is 1.88. The quantitative estimate of drug-likeness (QED) is 0.159. The minimum Gasteiger partial charge on any atom is -0.421 e. The number of halogens is 2. The summed E-state index contributed by atoms with van der Waals surface area (Å²) in [6.07, 6.45) is 4.02. The van der Waals surface area contributed by atoms with E-state index in [4.69, 9.17) is 4.74 Å². The summed E-state index contributed by atoms with van der Waals surface area (Å²) in [6.45, 7) is 0. The Morgan fingerprint density at radius 3 is 2.52 bits per heavy atom. The number of pyridine rings is 1. The van der Waals surface area contributed by atoms with Crippen molar-refractivity contribution in [3.05, 3.63) is 96.7 Å². The normalized spacial score (nSPS) is 10.6. The first-order valence-corrected chi connectivity index (χ1v) is 10.1. The van der Waals surface area contributed by atoms with Crippen LogP contribution in [0.3, 0.4) is 0 Å². The van der Waals surface area contributed by atoms with Crippen LogP contribution in [0.5, 0.6) is 5.75 Å². The molecule has 0 aliphatic carbocycles. The van der Waals surface area contributed by atoms with Crippen LogP contribution in [-0.2, 0) is 0 Å². The van der Waals surface area contributed by atoms with Gasteiger partial charge < -0.3 is 4.74 Å². The number of hydrogen-bond acceptors (Lipinski definition) is 7. The molecule has 9 nitrogen and oxygen atoms in total. The first-order valence-electron chi connectivity index (χ1n) is 8.54. The van der Waals surface area contributed by atoms with E-state index in [1.54, 1.807) is 36.4 Å². The van der Waals surface area contributed by atoms with Gasteiger partial charge in [0.1, 0.15) is 0 Å². The van der Waals surface area contributed by atoms with Crippen LogP contribution < -0.4 is 10.2 Å². The van der Waals surface area contributed by atoms with Gasteiger partial charge in [0, 0.05) is 34.6 Å². The molecule has 0 saturated heterocycles. The van der Waals surface area contributed by atoms with Crippen molar-refractivity contribution in [2.45, 2.75) is 0 Å². The number of hydrazone groups is 1. The predicted molar refractivity (Wildman–Crippen MR) is 119 cm³/mol. The van der Waals surface area contributed by atoms with E-state index in [0.717, 1.165) is 6.21 Å². The number of nitrogens with zero attached hydrogens (tertiary/aromatic N) is 3. The average Bonchev–Trinajstić information content (AvgIpc) is 2.76. The van der Waals surface area contributed by atoms with Gasteiger partial charge in [-0.1, -0.05) is 18.2 Å². The van der Waals surface area contributed by atoms with Gasteiger partial charge in [-0.15, -0.1) is 0 Å². The summed E-state index contributed by atoms with van der Waals surface area (Å²) in [7, 11) is 0. The summed E-state index contributed by atoms with van der Waals surface area (Å²) >= 11 is 6.41. The third-order valence-corrected chi connectivity index (χ3v) is 4.83. The molecule has 0 radical (unpaired) electrons. The summed E-state index contributed by atoms with van der Waals surface area (Å²) < 4.78 is 6.22. The second-order valence-corrected chi connectivity index (χ2v) is 7.72. The number of esters is 1. The minimum atomic E-state index is -0.658. The van der Waals surface area contributed by atoms with Crippen molar-refractivity contribution >= 4 is 55.6 Å². The van der Waals surface area contributed by atoms with E-state index < -0.39 is 16.8 Å². The molecule has 0 atom stereocenters. The maximum absolute atomic E-state index is 12.4. The first kappa shape index (κ1) is 22.2. The van der Waals surface area contributed by atoms with Gasteiger partial charge >= 0.3 is 5.97 Å². The van der Waals surface area contributed by atoms with E-state index in [-0.39, 0.29) is 27.0 Å². The molecule has 0 bridgehead atoms. The summed E-state index contributed by atoms with van der Waals surface area (Å²) in [5.41, 5.74) is 2.70. The molecule has 156 valence electrons. The zero-order valence-electron chi connectivity index (χ0n) is 15.5. The highest BCUT2D eigenvalue weighted by Crippen LogP contribution is 2.33. The Bertz CT molecular complexity index is 1190. The number of benzene rings is 2. The number of non-ortho nitro benzene ring substituents is 1. The van der Waals surface area contributed by atoms with Gasteiger partial charge in [-0.25, -0.2) is 10.2 Å². The van der Waals surface area contributed by atoms with Crippen LogP contribution in [0.1, 0.15) is 26.3 Å². The Hall–Kier alpha value is -3.44. The monoisotopic (exact) mass is 546 g/mol. The molecule has 3 rings (SSSR count). The second kappa shape index (κ2) is 10.0. The third-order valence-electron chi connectivity index (χ3n) is 3.81. The second-order valence-electron chi connectivity index (χ2n) is 5.95. The van der Waals surface area contributed by atoms with Crippen LogP contribution in [0, 0.1) is 10.1 Å². The smallest absolute Gasteiger partial charge is 0.343 e. The highest BCUT2D eigenvalue weighted by molar-refractivity contribution is 9.10. The van der Waals surface area contributed by atoms with Crippen LogP contribution >= 0.6 is 31.9 Å². The molecule has 3 aromatic rings. The lowest BCUT2D eigenvalue weighted by atomic mass is 10.2. The number of aromatic nitrogens is 1. The molecule has 31 heavy (non-hydrogen) atoms. The lowest BCUT2D eigenvalue weighted by Crippen LogP contribution is -2.18. The van der Waals surface area contributed by atoms with Crippen molar-refractivity contribution in [2.75, 3.05) is 0 Å². The summed E-state index contributed by atoms with van der Waals surface area (Å²) in [4.78, 5) is 39.1. The molecule has 1 amide bonds. The van der Waals surface area contributed by atoms with E-state index >= 15 is 0 Å². The van der Waals surface area contributed by atoms with Gasteiger partial charge in [0.2, 0.25) is 0 Å². The van der Waals surface area contributed by atoms with Crippen molar-refractivity contribution in [3.63, 3.8) is 0 Å². The van der Waals surface area contributed by atoms with E-state index in [0.29, 0.717) is 10.0 Å². The van der Waals surface area contributed by atoms with Gasteiger partial charge in [0.05, 0.1) is 26.7 Å².